The Hall–Kier alpha value is -0.870. The van der Waals surface area contributed by atoms with Crippen LogP contribution in [-0.4, -0.2) is 50.3 Å². The Balaban J connectivity index is 0.00000261. The summed E-state index contributed by atoms with van der Waals surface area (Å²) in [6.45, 7) is 4.70. The largest absolute Gasteiger partial charge is 0.379 e. The van der Waals surface area contributed by atoms with E-state index in [4.69, 9.17) is 22.1 Å². The normalized spacial score (nSPS) is 16.6. The van der Waals surface area contributed by atoms with Crippen molar-refractivity contribution in [2.24, 2.45) is 10.7 Å². The number of hydrogen-bond donors (Lipinski definition) is 2. The van der Waals surface area contributed by atoms with E-state index in [9.17, 15) is 0 Å². The van der Waals surface area contributed by atoms with E-state index in [1.165, 1.54) is 10.4 Å². The molecule has 148 valence electrons. The minimum atomic E-state index is 0. The van der Waals surface area contributed by atoms with Crippen LogP contribution in [0.3, 0.4) is 0 Å². The van der Waals surface area contributed by atoms with Gasteiger partial charge in [-0.05, 0) is 35.6 Å². The Morgan fingerprint density at radius 3 is 2.67 bits per heavy atom. The number of thiophene rings is 1. The number of nitrogens with one attached hydrogen (secondary N) is 1. The lowest BCUT2D eigenvalue weighted by molar-refractivity contribution is 0.0180. The molecule has 2 aromatic rings. The van der Waals surface area contributed by atoms with Gasteiger partial charge in [-0.25, -0.2) is 0 Å². The van der Waals surface area contributed by atoms with Crippen molar-refractivity contribution in [3.63, 3.8) is 0 Å². The molecule has 5 nitrogen and oxygen atoms in total. The summed E-state index contributed by atoms with van der Waals surface area (Å²) in [5, 5.41) is 6.04. The highest BCUT2D eigenvalue weighted by molar-refractivity contribution is 14.0. The molecule has 1 aromatic heterocycles. The van der Waals surface area contributed by atoms with Crippen LogP contribution in [0.2, 0.25) is 5.02 Å². The smallest absolute Gasteiger partial charge is 0.188 e. The summed E-state index contributed by atoms with van der Waals surface area (Å²) in [7, 11) is 0. The molecule has 2 heterocycles. The highest BCUT2D eigenvalue weighted by Crippen LogP contribution is 2.24. The highest BCUT2D eigenvalue weighted by atomic mass is 127. The predicted molar refractivity (Wildman–Crippen MR) is 125 cm³/mol. The van der Waals surface area contributed by atoms with E-state index in [0.717, 1.165) is 44.3 Å². The molecule has 27 heavy (non-hydrogen) atoms. The molecule has 0 bridgehead atoms. The van der Waals surface area contributed by atoms with Gasteiger partial charge in [0.25, 0.3) is 0 Å². The number of benzene rings is 1. The number of aliphatic imine (C=N–C) groups is 1. The lowest BCUT2D eigenvalue weighted by Crippen LogP contribution is -2.41. The first-order valence-corrected chi connectivity index (χ1v) is 10.1. The number of rotatable bonds is 7. The molecule has 1 aliphatic rings. The Morgan fingerprint density at radius 2 is 2.00 bits per heavy atom. The summed E-state index contributed by atoms with van der Waals surface area (Å²) in [4.78, 5) is 8.33. The van der Waals surface area contributed by atoms with Crippen molar-refractivity contribution in [1.82, 2.24) is 10.2 Å². The lowest BCUT2D eigenvalue weighted by Gasteiger charge is -2.34. The molecule has 8 heteroatoms. The fourth-order valence-electron chi connectivity index (χ4n) is 3.02. The van der Waals surface area contributed by atoms with Crippen molar-refractivity contribution in [3.05, 3.63) is 57.2 Å². The van der Waals surface area contributed by atoms with Gasteiger partial charge in [-0.15, -0.1) is 35.3 Å². The van der Waals surface area contributed by atoms with Crippen LogP contribution in [-0.2, 0) is 11.2 Å². The second-order valence-corrected chi connectivity index (χ2v) is 7.67. The quantitative estimate of drug-likeness (QED) is 0.333. The Bertz CT molecular complexity index is 690. The second kappa shape index (κ2) is 11.9. The zero-order valence-electron chi connectivity index (χ0n) is 15.1. The highest BCUT2D eigenvalue weighted by Gasteiger charge is 2.22. The molecule has 1 saturated heterocycles. The third-order valence-corrected chi connectivity index (χ3v) is 5.62. The van der Waals surface area contributed by atoms with Gasteiger partial charge in [0.2, 0.25) is 0 Å². The maximum Gasteiger partial charge on any atom is 0.188 e. The zero-order valence-corrected chi connectivity index (χ0v) is 19.0. The topological polar surface area (TPSA) is 62.9 Å². The van der Waals surface area contributed by atoms with Crippen LogP contribution in [0.4, 0.5) is 0 Å². The Labute approximate surface area is 187 Å². The van der Waals surface area contributed by atoms with Crippen molar-refractivity contribution in [2.45, 2.75) is 12.5 Å². The number of ether oxygens (including phenoxy) is 1. The van der Waals surface area contributed by atoms with Gasteiger partial charge in [0, 0.05) is 29.5 Å². The zero-order chi connectivity index (χ0) is 18.2. The fraction of sp³-hybridized carbons (Fsp3) is 0.421. The molecule has 1 atom stereocenters. The summed E-state index contributed by atoms with van der Waals surface area (Å²) in [5.74, 6) is 0.494. The fourth-order valence-corrected chi connectivity index (χ4v) is 3.85. The van der Waals surface area contributed by atoms with Gasteiger partial charge in [-0.1, -0.05) is 29.8 Å². The van der Waals surface area contributed by atoms with Crippen LogP contribution >= 0.6 is 46.9 Å². The summed E-state index contributed by atoms with van der Waals surface area (Å²) in [5.41, 5.74) is 7.27. The summed E-state index contributed by atoms with van der Waals surface area (Å²) < 4.78 is 5.48. The first-order valence-electron chi connectivity index (χ1n) is 8.86. The molecule has 1 aliphatic heterocycles. The van der Waals surface area contributed by atoms with Crippen LogP contribution in [0.5, 0.6) is 0 Å². The standard InChI is InChI=1S/C19H25ClN4OS.HI/c20-16-5-3-15(4-6-16)18(24-9-11-25-12-10-24)14-23-19(21)22-8-7-17-2-1-13-26-17;/h1-6,13,18H,7-12,14H2,(H3,21,22,23);1H. The van der Waals surface area contributed by atoms with Crippen molar-refractivity contribution in [1.29, 1.82) is 0 Å². The van der Waals surface area contributed by atoms with Gasteiger partial charge in [0.15, 0.2) is 5.96 Å². The second-order valence-electron chi connectivity index (χ2n) is 6.20. The van der Waals surface area contributed by atoms with Gasteiger partial charge in [0.05, 0.1) is 25.8 Å². The number of nitrogens with zero attached hydrogens (tertiary/aromatic N) is 2. The molecular weight excluding hydrogens is 495 g/mol. The van der Waals surface area contributed by atoms with E-state index in [1.54, 1.807) is 11.3 Å². The van der Waals surface area contributed by atoms with E-state index in [-0.39, 0.29) is 30.0 Å². The minimum Gasteiger partial charge on any atom is -0.379 e. The van der Waals surface area contributed by atoms with E-state index in [0.29, 0.717) is 12.5 Å². The van der Waals surface area contributed by atoms with Crippen LogP contribution in [0.1, 0.15) is 16.5 Å². The number of halogens is 2. The molecular formula is C19H26ClIN4OS. The number of guanidine groups is 1. The predicted octanol–water partition coefficient (Wildman–Crippen LogP) is 3.54. The summed E-state index contributed by atoms with van der Waals surface area (Å²) in [6.07, 6.45) is 0.956. The molecule has 0 saturated carbocycles. The van der Waals surface area contributed by atoms with Crippen LogP contribution in [0.25, 0.3) is 0 Å². The molecule has 0 amide bonds. The number of nitrogens with two attached hydrogens (primary N) is 1. The van der Waals surface area contributed by atoms with Gasteiger partial charge < -0.3 is 15.8 Å². The number of hydrogen-bond acceptors (Lipinski definition) is 4. The maximum absolute atomic E-state index is 6.07. The monoisotopic (exact) mass is 520 g/mol. The van der Waals surface area contributed by atoms with Gasteiger partial charge in [-0.3, -0.25) is 9.89 Å². The third kappa shape index (κ3) is 7.23. The van der Waals surface area contributed by atoms with E-state index >= 15 is 0 Å². The molecule has 0 radical (unpaired) electrons. The molecule has 1 unspecified atom stereocenters. The van der Waals surface area contributed by atoms with Crippen LogP contribution in [0.15, 0.2) is 46.8 Å². The third-order valence-electron chi connectivity index (χ3n) is 4.43. The van der Waals surface area contributed by atoms with Gasteiger partial charge in [0.1, 0.15) is 0 Å². The summed E-state index contributed by atoms with van der Waals surface area (Å²) in [6, 6.07) is 12.4. The molecule has 3 N–H and O–H groups in total. The van der Waals surface area contributed by atoms with Gasteiger partial charge >= 0.3 is 0 Å². The first kappa shape index (κ1) is 22.4. The van der Waals surface area contributed by atoms with Crippen molar-refractivity contribution in [3.8, 4) is 0 Å². The molecule has 1 fully saturated rings. The summed E-state index contributed by atoms with van der Waals surface area (Å²) >= 11 is 7.80. The average Bonchev–Trinajstić information content (AvgIpc) is 3.18. The van der Waals surface area contributed by atoms with E-state index in [2.05, 4.69) is 44.9 Å². The van der Waals surface area contributed by atoms with Crippen LogP contribution in [0, 0.1) is 0 Å². The number of morpholine rings is 1. The molecule has 0 aliphatic carbocycles. The van der Waals surface area contributed by atoms with Crippen LogP contribution < -0.4 is 11.1 Å². The molecule has 0 spiro atoms. The SMILES string of the molecule is I.NC(=NCC(c1ccc(Cl)cc1)N1CCOCC1)NCCc1cccs1. The Morgan fingerprint density at radius 1 is 1.26 bits per heavy atom. The van der Waals surface area contributed by atoms with E-state index in [1.807, 2.05) is 12.1 Å². The minimum absolute atomic E-state index is 0. The molecule has 1 aromatic carbocycles. The molecule has 3 rings (SSSR count). The van der Waals surface area contributed by atoms with Crippen molar-refractivity contribution in [2.75, 3.05) is 39.4 Å². The first-order chi connectivity index (χ1) is 12.7. The van der Waals surface area contributed by atoms with Gasteiger partial charge in [-0.2, -0.15) is 0 Å². The Kier molecular flexibility index (Phi) is 9.84. The maximum atomic E-state index is 6.07. The van der Waals surface area contributed by atoms with Crippen molar-refractivity contribution < 1.29 is 4.74 Å². The lowest BCUT2D eigenvalue weighted by atomic mass is 10.0. The average molecular weight is 521 g/mol. The van der Waals surface area contributed by atoms with Crippen molar-refractivity contribution >= 4 is 52.9 Å². The van der Waals surface area contributed by atoms with E-state index < -0.39 is 0 Å².